The minimum Gasteiger partial charge on any atom is -0.512 e. The minimum absolute atomic E-state index is 0. The van der Waals surface area contributed by atoms with Gasteiger partial charge in [-0.3, -0.25) is 4.79 Å². The average molecular weight is 695 g/mol. The van der Waals surface area contributed by atoms with E-state index in [0.717, 1.165) is 22.4 Å². The number of nitrogens with zero attached hydrogens (tertiary/aromatic N) is 1. The number of halogens is 1. The monoisotopic (exact) mass is 695 g/mol. The van der Waals surface area contributed by atoms with Crippen molar-refractivity contribution in [2.24, 2.45) is 5.92 Å². The summed E-state index contributed by atoms with van der Waals surface area (Å²) in [6, 6.07) is 14.2. The van der Waals surface area contributed by atoms with Crippen molar-refractivity contribution >= 4 is 27.3 Å². The third-order valence-corrected chi connectivity index (χ3v) is 6.99. The van der Waals surface area contributed by atoms with Gasteiger partial charge in [0.15, 0.2) is 5.78 Å². The van der Waals surface area contributed by atoms with Gasteiger partial charge in [0.1, 0.15) is 5.82 Å². The van der Waals surface area contributed by atoms with Crippen LogP contribution in [0.15, 0.2) is 60.5 Å². The molecule has 1 aromatic heterocycles. The quantitative estimate of drug-likeness (QED) is 0.101. The Morgan fingerprint density at radius 3 is 2.53 bits per heavy atom. The first kappa shape index (κ1) is 22.0. The molecule has 201 valence electrons. The standard InChI is InChI=1S/C28H27FN.C5H8O2.Ir/c1-17-12-18(2)14-22(13-17)28-27-21(10-11-30-28)15-25(19(3)20-6-4-5-7-20)24-9-8-23(29)16-26(24)27;1-4(6)3-5(2)7;/h8-13,15-16,19-20H,4-7H2,1-3H3;3,6H,1-2H3;/q-1;;/b;4-3-;/i1D3,2D3;;. The van der Waals surface area contributed by atoms with Crippen LogP contribution in [0.5, 0.6) is 0 Å². The molecule has 0 saturated heterocycles. The van der Waals surface area contributed by atoms with Crippen LogP contribution in [0.3, 0.4) is 0 Å². The van der Waals surface area contributed by atoms with Crippen LogP contribution in [-0.4, -0.2) is 15.9 Å². The number of aromatic nitrogens is 1. The smallest absolute Gasteiger partial charge is 0.155 e. The van der Waals surface area contributed by atoms with Crippen molar-refractivity contribution in [2.45, 2.75) is 66.1 Å². The molecule has 1 fully saturated rings. The molecule has 1 aliphatic rings. The van der Waals surface area contributed by atoms with E-state index in [4.69, 9.17) is 13.3 Å². The Morgan fingerprint density at radius 2 is 1.89 bits per heavy atom. The van der Waals surface area contributed by atoms with Crippen LogP contribution in [-0.2, 0) is 24.9 Å². The fraction of sp³-hybridized carbons (Fsp3) is 0.333. The molecule has 38 heavy (non-hydrogen) atoms. The molecule has 4 aromatic rings. The van der Waals surface area contributed by atoms with Crippen molar-refractivity contribution in [2.75, 3.05) is 0 Å². The summed E-state index contributed by atoms with van der Waals surface area (Å²) in [7, 11) is 0. The van der Waals surface area contributed by atoms with Gasteiger partial charge in [-0.2, -0.15) is 0 Å². The van der Waals surface area contributed by atoms with E-state index in [1.54, 1.807) is 12.3 Å². The largest absolute Gasteiger partial charge is 0.512 e. The van der Waals surface area contributed by atoms with E-state index in [1.165, 1.54) is 63.8 Å². The zero-order valence-corrected chi connectivity index (χ0v) is 24.1. The number of hydrogen-bond acceptors (Lipinski definition) is 3. The molecule has 0 bridgehead atoms. The first-order valence-corrected chi connectivity index (χ1v) is 12.5. The molecular formula is C33H35FIrNO2-. The number of benzene rings is 3. The van der Waals surface area contributed by atoms with Crippen molar-refractivity contribution in [1.82, 2.24) is 4.98 Å². The van der Waals surface area contributed by atoms with E-state index >= 15 is 0 Å². The predicted molar refractivity (Wildman–Crippen MR) is 150 cm³/mol. The molecule has 1 saturated carbocycles. The topological polar surface area (TPSA) is 50.2 Å². The van der Waals surface area contributed by atoms with Crippen LogP contribution in [0.1, 0.15) is 77.3 Å². The number of fused-ring (bicyclic) bond motifs is 3. The SMILES string of the molecule is CC(=O)/C=C(/C)O.[2H]C([2H])([2H])c1[c-]c(-c2nccc3cc(C(C)C4CCCC4)c4ccc(F)cc4c23)cc(C([2H])([2H])[2H])c1.[Ir]. The molecule has 0 spiro atoms. The Bertz CT molecular complexity index is 1660. The molecule has 3 aromatic carbocycles. The first-order valence-electron chi connectivity index (χ1n) is 15.5. The maximum absolute atomic E-state index is 14.6. The summed E-state index contributed by atoms with van der Waals surface area (Å²) in [4.78, 5) is 14.6. The van der Waals surface area contributed by atoms with Crippen molar-refractivity contribution in [3.8, 4) is 11.3 Å². The normalized spacial score (nSPS) is 17.6. The molecule has 5 heteroatoms. The number of carbonyl (C=O) groups excluding carboxylic acids is 1. The summed E-state index contributed by atoms with van der Waals surface area (Å²) >= 11 is 0. The molecule has 0 amide bonds. The van der Waals surface area contributed by atoms with Crippen LogP contribution < -0.4 is 0 Å². The van der Waals surface area contributed by atoms with E-state index in [2.05, 4.69) is 24.0 Å². The molecule has 1 aliphatic carbocycles. The number of aliphatic hydroxyl groups is 1. The van der Waals surface area contributed by atoms with E-state index in [-0.39, 0.29) is 54.2 Å². The van der Waals surface area contributed by atoms with E-state index in [1.807, 2.05) is 6.07 Å². The van der Waals surface area contributed by atoms with Crippen molar-refractivity contribution in [3.05, 3.63) is 89.1 Å². The molecule has 1 heterocycles. The molecule has 1 atom stereocenters. The summed E-state index contributed by atoms with van der Waals surface area (Å²) in [6.07, 6.45) is 7.60. The first-order chi connectivity index (χ1) is 20.1. The van der Waals surface area contributed by atoms with Crippen LogP contribution >= 0.6 is 0 Å². The second-order valence-electron chi connectivity index (χ2n) is 9.84. The van der Waals surface area contributed by atoms with Crippen LogP contribution in [0.2, 0.25) is 0 Å². The number of aryl methyl sites for hydroxylation is 2. The fourth-order valence-corrected chi connectivity index (χ4v) is 5.38. The summed E-state index contributed by atoms with van der Waals surface area (Å²) in [5.41, 5.74) is 1.53. The number of hydrogen-bond donors (Lipinski definition) is 1. The zero-order chi connectivity index (χ0) is 31.7. The van der Waals surface area contributed by atoms with Gasteiger partial charge in [-0.1, -0.05) is 45.6 Å². The van der Waals surface area contributed by atoms with Gasteiger partial charge < -0.3 is 10.1 Å². The number of ketones is 1. The van der Waals surface area contributed by atoms with Gasteiger partial charge in [0.2, 0.25) is 0 Å². The van der Waals surface area contributed by atoms with Gasteiger partial charge in [0, 0.05) is 40.6 Å². The number of carbonyl (C=O) groups is 1. The molecular weight excluding hydrogens is 654 g/mol. The van der Waals surface area contributed by atoms with Gasteiger partial charge in [-0.25, -0.2) is 4.39 Å². The van der Waals surface area contributed by atoms with Crippen molar-refractivity contribution in [3.63, 3.8) is 0 Å². The number of rotatable bonds is 4. The molecule has 5 rings (SSSR count). The van der Waals surface area contributed by atoms with E-state index < -0.39 is 13.7 Å². The fourth-order valence-electron chi connectivity index (χ4n) is 5.38. The molecule has 1 N–H and O–H groups in total. The molecule has 1 radical (unpaired) electrons. The minimum atomic E-state index is -2.54. The van der Waals surface area contributed by atoms with Crippen LogP contribution in [0.4, 0.5) is 4.39 Å². The zero-order valence-electron chi connectivity index (χ0n) is 27.7. The average Bonchev–Trinajstić information content (AvgIpc) is 3.45. The van der Waals surface area contributed by atoms with Crippen molar-refractivity contribution in [1.29, 1.82) is 0 Å². The Hall–Kier alpha value is -2.88. The molecule has 0 aliphatic heterocycles. The van der Waals surface area contributed by atoms with Gasteiger partial charge in [-0.05, 0) is 89.5 Å². The Balaban J connectivity index is 0.000000594. The summed E-state index contributed by atoms with van der Waals surface area (Å²) in [5.74, 6) is 0.428. The Labute approximate surface area is 247 Å². The third-order valence-electron chi connectivity index (χ3n) is 6.99. The van der Waals surface area contributed by atoms with Crippen LogP contribution in [0, 0.1) is 31.5 Å². The van der Waals surface area contributed by atoms with E-state index in [9.17, 15) is 9.18 Å². The maximum Gasteiger partial charge on any atom is 0.155 e. The van der Waals surface area contributed by atoms with Crippen molar-refractivity contribution < 1.29 is 42.6 Å². The number of allylic oxidation sites excluding steroid dienone is 2. The Kier molecular flexibility index (Phi) is 7.39. The molecule has 3 nitrogen and oxygen atoms in total. The molecule has 1 unspecified atom stereocenters. The Morgan fingerprint density at radius 1 is 1.13 bits per heavy atom. The third kappa shape index (κ3) is 6.76. The van der Waals surface area contributed by atoms with Gasteiger partial charge in [0.05, 0.1) is 5.76 Å². The van der Waals surface area contributed by atoms with E-state index in [0.29, 0.717) is 28.3 Å². The van der Waals surface area contributed by atoms with Gasteiger partial charge >= 0.3 is 0 Å². The van der Waals surface area contributed by atoms with Gasteiger partial charge in [-0.15, -0.1) is 34.9 Å². The summed E-state index contributed by atoms with van der Waals surface area (Å²) in [5, 5.41) is 11.5. The maximum atomic E-state index is 14.6. The summed E-state index contributed by atoms with van der Waals surface area (Å²) < 4.78 is 61.8. The van der Waals surface area contributed by atoms with Crippen LogP contribution in [0.25, 0.3) is 32.8 Å². The summed E-state index contributed by atoms with van der Waals surface area (Å²) in [6.45, 7) is 0.0323. The predicted octanol–water partition coefficient (Wildman–Crippen LogP) is 8.94. The second kappa shape index (κ2) is 12.8. The second-order valence-corrected chi connectivity index (χ2v) is 9.84. The van der Waals surface area contributed by atoms with Gasteiger partial charge in [0.25, 0.3) is 0 Å². The number of aliphatic hydroxyl groups excluding tert-OH is 1. The number of pyridine rings is 1.